The number of halogens is 6. The van der Waals surface area contributed by atoms with Crippen LogP contribution in [0, 0.1) is 0 Å². The van der Waals surface area contributed by atoms with Crippen LogP contribution in [0.2, 0.25) is 0 Å². The Balaban J connectivity index is 1.51. The summed E-state index contributed by atoms with van der Waals surface area (Å²) in [4.78, 5) is 19.5. The van der Waals surface area contributed by atoms with Gasteiger partial charge in [0.25, 0.3) is 6.43 Å². The number of aromatic amines is 1. The maximum atomic E-state index is 15.0. The lowest BCUT2D eigenvalue weighted by atomic mass is 10.0. The molecule has 0 radical (unpaired) electrons. The number of amides is 1. The quantitative estimate of drug-likeness (QED) is 0.352. The summed E-state index contributed by atoms with van der Waals surface area (Å²) in [7, 11) is 0. The standard InChI is InChI=1S/C21H23F6N7O3/c1-9(2)28-20(35)37-14-4-3-11(17(14)22)12-5-15(33-32-12)31-19-30-13(18(23)24)6-16-29-10(7-34(16)19)8-36-21(25,26)27/h5-7,9,11,14,17-18H,3-4,8H2,1-2H3,(H,28,35)(H2,30,31,32,33)/t11-,14-,17-/m0/s1. The Bertz CT molecular complexity index is 1250. The number of ether oxygens (including phenoxy) is 2. The van der Waals surface area contributed by atoms with Gasteiger partial charge in [-0.3, -0.25) is 14.2 Å². The smallest absolute Gasteiger partial charge is 0.443 e. The van der Waals surface area contributed by atoms with Crippen LogP contribution in [-0.2, 0) is 16.1 Å². The lowest BCUT2D eigenvalue weighted by Gasteiger charge is -2.18. The number of alkyl carbamates (subject to hydrolysis) is 1. The van der Waals surface area contributed by atoms with Crippen LogP contribution in [0.3, 0.4) is 0 Å². The monoisotopic (exact) mass is 535 g/mol. The molecule has 202 valence electrons. The lowest BCUT2D eigenvalue weighted by Crippen LogP contribution is -2.36. The van der Waals surface area contributed by atoms with E-state index in [1.807, 2.05) is 0 Å². The van der Waals surface area contributed by atoms with Crippen molar-refractivity contribution in [1.29, 1.82) is 0 Å². The number of anilines is 2. The largest absolute Gasteiger partial charge is 0.522 e. The zero-order chi connectivity index (χ0) is 26.9. The summed E-state index contributed by atoms with van der Waals surface area (Å²) in [5.74, 6) is -0.780. The molecule has 16 heteroatoms. The highest BCUT2D eigenvalue weighted by Crippen LogP contribution is 2.38. The van der Waals surface area contributed by atoms with Crippen molar-refractivity contribution in [3.05, 3.63) is 35.4 Å². The molecule has 3 aromatic heterocycles. The highest BCUT2D eigenvalue weighted by molar-refractivity contribution is 5.67. The predicted molar refractivity (Wildman–Crippen MR) is 116 cm³/mol. The third-order valence-corrected chi connectivity index (χ3v) is 5.53. The molecular weight excluding hydrogens is 512 g/mol. The first-order valence-electron chi connectivity index (χ1n) is 11.2. The van der Waals surface area contributed by atoms with E-state index < -0.39 is 49.4 Å². The Morgan fingerprint density at radius 3 is 2.68 bits per heavy atom. The van der Waals surface area contributed by atoms with Gasteiger partial charge in [0.15, 0.2) is 5.82 Å². The van der Waals surface area contributed by atoms with E-state index in [0.717, 1.165) is 12.3 Å². The molecule has 10 nitrogen and oxygen atoms in total. The highest BCUT2D eigenvalue weighted by Gasteiger charge is 2.41. The zero-order valence-electron chi connectivity index (χ0n) is 19.5. The van der Waals surface area contributed by atoms with Crippen LogP contribution in [0.25, 0.3) is 5.65 Å². The summed E-state index contributed by atoms with van der Waals surface area (Å²) in [6.07, 6.45) is -9.26. The van der Waals surface area contributed by atoms with Crippen molar-refractivity contribution in [3.63, 3.8) is 0 Å². The third-order valence-electron chi connectivity index (χ3n) is 5.53. The van der Waals surface area contributed by atoms with Crippen molar-refractivity contribution < 1.29 is 40.6 Å². The van der Waals surface area contributed by atoms with E-state index in [2.05, 4.69) is 35.5 Å². The first kappa shape index (κ1) is 26.5. The van der Waals surface area contributed by atoms with Gasteiger partial charge in [-0.15, -0.1) is 13.2 Å². The maximum absolute atomic E-state index is 15.0. The number of carbonyl (C=O) groups excluding carboxylic acids is 1. The van der Waals surface area contributed by atoms with E-state index in [0.29, 0.717) is 12.1 Å². The predicted octanol–water partition coefficient (Wildman–Crippen LogP) is 4.89. The van der Waals surface area contributed by atoms with Crippen LogP contribution < -0.4 is 10.6 Å². The third kappa shape index (κ3) is 6.42. The van der Waals surface area contributed by atoms with Gasteiger partial charge in [-0.2, -0.15) is 5.10 Å². The molecule has 1 amide bonds. The number of aromatic nitrogens is 5. The average Bonchev–Trinajstić information content (AvgIpc) is 3.50. The van der Waals surface area contributed by atoms with Crippen LogP contribution >= 0.6 is 0 Å². The number of fused-ring (bicyclic) bond motifs is 1. The number of alkyl halides is 6. The van der Waals surface area contributed by atoms with Gasteiger partial charge in [0.1, 0.15) is 23.6 Å². The molecule has 3 aromatic rings. The molecule has 4 rings (SSSR count). The topological polar surface area (TPSA) is 118 Å². The van der Waals surface area contributed by atoms with Gasteiger partial charge in [-0.1, -0.05) is 0 Å². The summed E-state index contributed by atoms with van der Waals surface area (Å²) in [6, 6.07) is 2.21. The molecule has 1 aliphatic carbocycles. The number of nitrogens with one attached hydrogen (secondary N) is 3. The Morgan fingerprint density at radius 1 is 1.24 bits per heavy atom. The average molecular weight is 535 g/mol. The lowest BCUT2D eigenvalue weighted by molar-refractivity contribution is -0.330. The van der Waals surface area contributed by atoms with E-state index in [1.54, 1.807) is 13.8 Å². The van der Waals surface area contributed by atoms with Crippen molar-refractivity contribution >= 4 is 23.5 Å². The fourth-order valence-corrected chi connectivity index (χ4v) is 3.97. The number of nitrogens with zero attached hydrogens (tertiary/aromatic N) is 4. The van der Waals surface area contributed by atoms with Gasteiger partial charge in [-0.05, 0) is 26.7 Å². The van der Waals surface area contributed by atoms with Crippen molar-refractivity contribution in [2.75, 3.05) is 5.32 Å². The highest BCUT2D eigenvalue weighted by atomic mass is 19.4. The minimum atomic E-state index is -4.90. The van der Waals surface area contributed by atoms with Gasteiger partial charge >= 0.3 is 12.5 Å². The van der Waals surface area contributed by atoms with Crippen LogP contribution in [0.1, 0.15) is 56.1 Å². The van der Waals surface area contributed by atoms with Crippen LogP contribution in [0.15, 0.2) is 18.3 Å². The molecule has 37 heavy (non-hydrogen) atoms. The molecular formula is C21H23F6N7O3. The van der Waals surface area contributed by atoms with Gasteiger partial charge in [0.05, 0.1) is 12.3 Å². The number of hydrogen-bond acceptors (Lipinski definition) is 7. The second-order valence-electron chi connectivity index (χ2n) is 8.70. The Morgan fingerprint density at radius 2 is 2.00 bits per heavy atom. The minimum Gasteiger partial charge on any atom is -0.443 e. The molecule has 3 N–H and O–H groups in total. The molecule has 1 aliphatic rings. The summed E-state index contributed by atoms with van der Waals surface area (Å²) in [5.41, 5.74) is -0.561. The molecule has 0 unspecified atom stereocenters. The van der Waals surface area contributed by atoms with Crippen molar-refractivity contribution in [3.8, 4) is 0 Å². The maximum Gasteiger partial charge on any atom is 0.522 e. The molecule has 3 heterocycles. The Labute approximate surface area is 205 Å². The van der Waals surface area contributed by atoms with E-state index in [1.165, 1.54) is 10.5 Å². The van der Waals surface area contributed by atoms with Gasteiger partial charge in [-0.25, -0.2) is 27.9 Å². The van der Waals surface area contributed by atoms with Crippen molar-refractivity contribution in [2.24, 2.45) is 0 Å². The molecule has 1 saturated carbocycles. The number of hydrogen-bond donors (Lipinski definition) is 3. The van der Waals surface area contributed by atoms with Crippen molar-refractivity contribution in [1.82, 2.24) is 29.9 Å². The minimum absolute atomic E-state index is 0.0890. The Hall–Kier alpha value is -3.56. The SMILES string of the molecule is CC(C)NC(=O)O[C@H]1CC[C@@H](c2cc(Nc3nc(C(F)F)cc4nc(COC(F)(F)F)cn34)n[nH]2)[C@@H]1F. The molecule has 1 fully saturated rings. The molecule has 0 aliphatic heterocycles. The van der Waals surface area contributed by atoms with Gasteiger partial charge in [0, 0.05) is 36.0 Å². The van der Waals surface area contributed by atoms with Gasteiger partial charge < -0.3 is 15.4 Å². The van der Waals surface area contributed by atoms with Crippen LogP contribution in [-0.4, -0.2) is 55.3 Å². The number of rotatable bonds is 8. The molecule has 0 saturated heterocycles. The fourth-order valence-electron chi connectivity index (χ4n) is 3.97. The first-order valence-corrected chi connectivity index (χ1v) is 11.2. The first-order chi connectivity index (χ1) is 17.4. The van der Waals surface area contributed by atoms with E-state index >= 15 is 4.39 Å². The van der Waals surface area contributed by atoms with E-state index in [4.69, 9.17) is 4.74 Å². The summed E-state index contributed by atoms with van der Waals surface area (Å²) in [6.45, 7) is 2.55. The van der Waals surface area contributed by atoms with E-state index in [9.17, 15) is 26.7 Å². The molecule has 0 bridgehead atoms. The van der Waals surface area contributed by atoms with Crippen LogP contribution in [0.4, 0.5) is 42.9 Å². The number of imidazole rings is 1. The Kier molecular flexibility index (Phi) is 7.47. The second-order valence-corrected chi connectivity index (χ2v) is 8.70. The summed E-state index contributed by atoms with van der Waals surface area (Å²) in [5, 5.41) is 11.9. The molecule has 0 aromatic carbocycles. The second kappa shape index (κ2) is 10.4. The van der Waals surface area contributed by atoms with E-state index in [-0.39, 0.29) is 35.6 Å². The number of carbonyl (C=O) groups is 1. The molecule has 0 spiro atoms. The fraction of sp³-hybridized carbons (Fsp3) is 0.524. The zero-order valence-corrected chi connectivity index (χ0v) is 19.5. The van der Waals surface area contributed by atoms with Crippen LogP contribution in [0.5, 0.6) is 0 Å². The summed E-state index contributed by atoms with van der Waals surface area (Å²) >= 11 is 0. The summed E-state index contributed by atoms with van der Waals surface area (Å²) < 4.78 is 89.0. The van der Waals surface area contributed by atoms with Gasteiger partial charge in [0.2, 0.25) is 5.95 Å². The number of H-pyrrole nitrogens is 1. The van der Waals surface area contributed by atoms with Crippen molar-refractivity contribution in [2.45, 2.75) is 70.3 Å². The normalized spacial score (nSPS) is 20.2. The molecule has 3 atom stereocenters.